The summed E-state index contributed by atoms with van der Waals surface area (Å²) in [6.45, 7) is 1.17. The number of pyridine rings is 1. The van der Waals surface area contributed by atoms with E-state index in [1.54, 1.807) is 0 Å². The second-order valence-corrected chi connectivity index (χ2v) is 10.0. The van der Waals surface area contributed by atoms with Gasteiger partial charge >= 0.3 is 0 Å². The van der Waals surface area contributed by atoms with Crippen molar-refractivity contribution in [2.75, 3.05) is 13.2 Å². The Morgan fingerprint density at radius 1 is 1.03 bits per heavy atom. The van der Waals surface area contributed by atoms with Gasteiger partial charge in [0.15, 0.2) is 11.5 Å². The first-order chi connectivity index (χ1) is 15.6. The quantitative estimate of drug-likeness (QED) is 0.482. The molecule has 0 N–H and O–H groups in total. The van der Waals surface area contributed by atoms with Crippen molar-refractivity contribution in [3.63, 3.8) is 0 Å². The molecule has 6 rings (SSSR count). The zero-order valence-electron chi connectivity index (χ0n) is 18.0. The van der Waals surface area contributed by atoms with Crippen molar-refractivity contribution in [2.45, 2.75) is 44.4 Å². The van der Waals surface area contributed by atoms with Gasteiger partial charge in [-0.2, -0.15) is 0 Å². The van der Waals surface area contributed by atoms with Gasteiger partial charge < -0.3 is 9.47 Å². The monoisotopic (exact) mass is 447 g/mol. The predicted molar refractivity (Wildman–Crippen MR) is 125 cm³/mol. The molecule has 1 aromatic heterocycles. The topological polar surface area (TPSA) is 48.4 Å². The van der Waals surface area contributed by atoms with E-state index >= 15 is 0 Å². The van der Waals surface area contributed by atoms with Gasteiger partial charge in [-0.15, -0.1) is 0 Å². The van der Waals surface area contributed by atoms with Gasteiger partial charge in [0, 0.05) is 35.0 Å². The van der Waals surface area contributed by atoms with Crippen molar-refractivity contribution < 1.29 is 14.3 Å². The van der Waals surface area contributed by atoms with Gasteiger partial charge in [-0.1, -0.05) is 23.7 Å². The number of aromatic nitrogens is 1. The maximum absolute atomic E-state index is 12.9. The van der Waals surface area contributed by atoms with Gasteiger partial charge in [0.25, 0.3) is 0 Å². The Labute approximate surface area is 192 Å². The number of hydrogen-bond donors (Lipinski definition) is 0. The van der Waals surface area contributed by atoms with Crippen LogP contribution in [0.25, 0.3) is 10.9 Å². The van der Waals surface area contributed by atoms with Gasteiger partial charge in [0.05, 0.1) is 5.52 Å². The molecule has 2 saturated carbocycles. The number of nitrogens with zero attached hydrogens (tertiary/aromatic N) is 1. The van der Waals surface area contributed by atoms with E-state index in [2.05, 4.69) is 17.1 Å². The van der Waals surface area contributed by atoms with E-state index in [4.69, 9.17) is 21.1 Å². The van der Waals surface area contributed by atoms with E-state index in [0.29, 0.717) is 36.4 Å². The summed E-state index contributed by atoms with van der Waals surface area (Å²) in [7, 11) is 0. The van der Waals surface area contributed by atoms with E-state index in [9.17, 15) is 4.79 Å². The molecule has 1 spiro atoms. The SMILES string of the molecule is O=C(Cc1ccc(Cl)cc1)C1CC12CCC(c1ccnc3cc4c(cc13)OCCO4)CC2. The molecule has 2 fully saturated rings. The molecule has 0 amide bonds. The first-order valence-corrected chi connectivity index (χ1v) is 11.9. The zero-order chi connectivity index (χ0) is 21.7. The third-order valence-electron chi connectivity index (χ3n) is 7.73. The van der Waals surface area contributed by atoms with E-state index in [-0.39, 0.29) is 11.3 Å². The lowest BCUT2D eigenvalue weighted by Crippen LogP contribution is -2.20. The Hall–Kier alpha value is -2.59. The molecule has 2 aliphatic carbocycles. The number of carbonyl (C=O) groups is 1. The number of ketones is 1. The van der Waals surface area contributed by atoms with Crippen molar-refractivity contribution in [1.29, 1.82) is 0 Å². The van der Waals surface area contributed by atoms with E-state index in [1.165, 1.54) is 10.9 Å². The fourth-order valence-corrected chi connectivity index (χ4v) is 5.97. The molecule has 0 saturated heterocycles. The highest BCUT2D eigenvalue weighted by atomic mass is 35.5. The lowest BCUT2D eigenvalue weighted by Gasteiger charge is -2.30. The second-order valence-electron chi connectivity index (χ2n) is 9.58. The first kappa shape index (κ1) is 20.0. The molecule has 4 nitrogen and oxygen atoms in total. The molecular weight excluding hydrogens is 422 g/mol. The average Bonchev–Trinajstić information content (AvgIpc) is 3.52. The van der Waals surface area contributed by atoms with Crippen LogP contribution < -0.4 is 9.47 Å². The smallest absolute Gasteiger partial charge is 0.163 e. The van der Waals surface area contributed by atoms with Crippen molar-refractivity contribution in [3.05, 3.63) is 64.8 Å². The maximum atomic E-state index is 12.9. The highest BCUT2D eigenvalue weighted by molar-refractivity contribution is 6.30. The van der Waals surface area contributed by atoms with Crippen LogP contribution in [0.15, 0.2) is 48.7 Å². The number of Topliss-reactive ketones (excluding diaryl/α,β-unsaturated/α-hetero) is 1. The summed E-state index contributed by atoms with van der Waals surface area (Å²) in [5.74, 6) is 2.73. The van der Waals surface area contributed by atoms with Crippen LogP contribution in [0.1, 0.15) is 49.1 Å². The number of ether oxygens (including phenoxy) is 2. The number of halogens is 1. The molecule has 32 heavy (non-hydrogen) atoms. The number of fused-ring (bicyclic) bond motifs is 2. The third kappa shape index (κ3) is 3.55. The minimum atomic E-state index is 0.228. The zero-order valence-corrected chi connectivity index (χ0v) is 18.7. The summed E-state index contributed by atoms with van der Waals surface area (Å²) in [6.07, 6.45) is 7.99. The Balaban J connectivity index is 1.16. The van der Waals surface area contributed by atoms with Crippen LogP contribution in [0, 0.1) is 11.3 Å². The van der Waals surface area contributed by atoms with Crippen LogP contribution >= 0.6 is 11.6 Å². The molecule has 1 atom stereocenters. The van der Waals surface area contributed by atoms with E-state index < -0.39 is 0 Å². The Bertz CT molecular complexity index is 1180. The van der Waals surface area contributed by atoms with E-state index in [1.807, 2.05) is 36.5 Å². The molecule has 1 aliphatic heterocycles. The highest BCUT2D eigenvalue weighted by Crippen LogP contribution is 2.63. The van der Waals surface area contributed by atoms with Crippen LogP contribution in [0.3, 0.4) is 0 Å². The normalized spacial score (nSPS) is 26.3. The lowest BCUT2D eigenvalue weighted by molar-refractivity contribution is -0.120. The summed E-state index contributed by atoms with van der Waals surface area (Å²) < 4.78 is 11.5. The number of rotatable bonds is 4. The highest BCUT2D eigenvalue weighted by Gasteiger charge is 2.57. The van der Waals surface area contributed by atoms with Crippen LogP contribution in [-0.2, 0) is 11.2 Å². The Morgan fingerprint density at radius 3 is 2.50 bits per heavy atom. The van der Waals surface area contributed by atoms with Crippen molar-refractivity contribution in [3.8, 4) is 11.5 Å². The van der Waals surface area contributed by atoms with Gasteiger partial charge in [-0.25, -0.2) is 0 Å². The summed E-state index contributed by atoms with van der Waals surface area (Å²) in [5.41, 5.74) is 3.62. The summed E-state index contributed by atoms with van der Waals surface area (Å²) in [5, 5.41) is 1.88. The van der Waals surface area contributed by atoms with Crippen LogP contribution in [-0.4, -0.2) is 24.0 Å². The Kier molecular flexibility index (Phi) is 4.87. The fourth-order valence-electron chi connectivity index (χ4n) is 5.85. The molecule has 2 aromatic carbocycles. The van der Waals surface area contributed by atoms with E-state index in [0.717, 1.165) is 54.7 Å². The second kappa shape index (κ2) is 7.77. The predicted octanol–water partition coefficient (Wildman–Crippen LogP) is 6.14. The standard InChI is InChI=1S/C27H26ClNO3/c28-19-3-1-17(2-4-19)13-24(30)22-16-27(22)8-5-18(6-9-27)20-7-10-29-23-15-26-25(14-21(20)23)31-11-12-32-26/h1-4,7,10,14-15,18,22H,5-6,8-9,11-13,16H2. The fraction of sp³-hybridized carbons (Fsp3) is 0.407. The first-order valence-electron chi connectivity index (χ1n) is 11.6. The average molecular weight is 448 g/mol. The summed E-state index contributed by atoms with van der Waals surface area (Å²) in [4.78, 5) is 17.5. The van der Waals surface area contributed by atoms with Crippen LogP contribution in [0.5, 0.6) is 11.5 Å². The number of benzene rings is 2. The van der Waals surface area contributed by atoms with Crippen molar-refractivity contribution in [1.82, 2.24) is 4.98 Å². The maximum Gasteiger partial charge on any atom is 0.163 e. The Morgan fingerprint density at radius 2 is 1.75 bits per heavy atom. The minimum Gasteiger partial charge on any atom is -0.486 e. The van der Waals surface area contributed by atoms with Crippen LogP contribution in [0.2, 0.25) is 5.02 Å². The number of carbonyl (C=O) groups excluding carboxylic acids is 1. The van der Waals surface area contributed by atoms with Crippen molar-refractivity contribution >= 4 is 28.3 Å². The van der Waals surface area contributed by atoms with Gasteiger partial charge in [-0.3, -0.25) is 9.78 Å². The van der Waals surface area contributed by atoms with Crippen molar-refractivity contribution in [2.24, 2.45) is 11.3 Å². The number of hydrogen-bond acceptors (Lipinski definition) is 4. The molecule has 0 bridgehead atoms. The molecule has 3 aromatic rings. The molecule has 3 aliphatic rings. The molecule has 5 heteroatoms. The lowest BCUT2D eigenvalue weighted by atomic mass is 9.74. The largest absolute Gasteiger partial charge is 0.486 e. The third-order valence-corrected chi connectivity index (χ3v) is 7.98. The van der Waals surface area contributed by atoms with Gasteiger partial charge in [0.2, 0.25) is 0 Å². The minimum absolute atomic E-state index is 0.228. The van der Waals surface area contributed by atoms with Gasteiger partial charge in [-0.05, 0) is 78.8 Å². The van der Waals surface area contributed by atoms with Crippen LogP contribution in [0.4, 0.5) is 0 Å². The molecule has 2 heterocycles. The summed E-state index contributed by atoms with van der Waals surface area (Å²) in [6, 6.07) is 13.9. The molecule has 0 radical (unpaired) electrons. The summed E-state index contributed by atoms with van der Waals surface area (Å²) >= 11 is 5.97. The molecule has 1 unspecified atom stereocenters. The van der Waals surface area contributed by atoms with Gasteiger partial charge in [0.1, 0.15) is 19.0 Å². The molecular formula is C27H26ClNO3. The molecule has 164 valence electrons.